The first kappa shape index (κ1) is 11.6. The lowest BCUT2D eigenvalue weighted by Crippen LogP contribution is -2.44. The van der Waals surface area contributed by atoms with Gasteiger partial charge in [-0.1, -0.05) is 12.1 Å². The van der Waals surface area contributed by atoms with Crippen molar-refractivity contribution in [3.63, 3.8) is 0 Å². The summed E-state index contributed by atoms with van der Waals surface area (Å²) in [5.74, 6) is 0.651. The summed E-state index contributed by atoms with van der Waals surface area (Å²) < 4.78 is 16.6. The van der Waals surface area contributed by atoms with Crippen molar-refractivity contribution in [1.29, 1.82) is 0 Å². The Balaban J connectivity index is 1.71. The Kier molecular flexibility index (Phi) is 3.27. The summed E-state index contributed by atoms with van der Waals surface area (Å²) in [7, 11) is 0. The zero-order chi connectivity index (χ0) is 12.4. The minimum Gasteiger partial charge on any atom is -0.441 e. The van der Waals surface area contributed by atoms with Crippen molar-refractivity contribution in [2.24, 2.45) is 5.73 Å². The van der Waals surface area contributed by atoms with Crippen molar-refractivity contribution in [2.75, 3.05) is 19.8 Å². The van der Waals surface area contributed by atoms with Crippen LogP contribution in [0.3, 0.4) is 0 Å². The smallest absolute Gasteiger partial charge is 0.197 e. The Bertz CT molecular complexity index is 487. The third-order valence-corrected chi connectivity index (χ3v) is 3.07. The Labute approximate surface area is 105 Å². The molecule has 18 heavy (non-hydrogen) atoms. The summed E-state index contributed by atoms with van der Waals surface area (Å²) in [5.41, 5.74) is 7.75. The van der Waals surface area contributed by atoms with Crippen LogP contribution in [-0.4, -0.2) is 37.0 Å². The first-order chi connectivity index (χ1) is 8.83. The van der Waals surface area contributed by atoms with Crippen LogP contribution in [0.4, 0.5) is 0 Å². The molecular weight excluding hydrogens is 232 g/mol. The number of nitrogens with two attached hydrogens (primary N) is 1. The van der Waals surface area contributed by atoms with E-state index in [0.29, 0.717) is 32.1 Å². The molecule has 5 heteroatoms. The number of hydrogen-bond acceptors (Lipinski definition) is 5. The molecule has 1 aromatic heterocycles. The van der Waals surface area contributed by atoms with E-state index in [4.69, 9.17) is 19.6 Å². The second-order valence-corrected chi connectivity index (χ2v) is 4.43. The van der Waals surface area contributed by atoms with Crippen molar-refractivity contribution in [3.05, 3.63) is 30.2 Å². The third kappa shape index (κ3) is 2.38. The number of hydrogen-bond donors (Lipinski definition) is 1. The van der Waals surface area contributed by atoms with E-state index in [2.05, 4.69) is 4.98 Å². The van der Waals surface area contributed by atoms with Gasteiger partial charge in [-0.25, -0.2) is 4.98 Å². The van der Waals surface area contributed by atoms with Gasteiger partial charge in [0.25, 0.3) is 0 Å². The van der Waals surface area contributed by atoms with Crippen LogP contribution in [0.2, 0.25) is 0 Å². The largest absolute Gasteiger partial charge is 0.441 e. The van der Waals surface area contributed by atoms with Gasteiger partial charge in [0, 0.05) is 12.5 Å². The molecule has 0 aliphatic carbocycles. The van der Waals surface area contributed by atoms with Gasteiger partial charge in [0.05, 0.1) is 25.9 Å². The van der Waals surface area contributed by atoms with Gasteiger partial charge in [0.15, 0.2) is 11.5 Å². The highest BCUT2D eigenvalue weighted by atomic mass is 16.6. The zero-order valence-corrected chi connectivity index (χ0v) is 10.0. The molecule has 2 N–H and O–H groups in total. The van der Waals surface area contributed by atoms with E-state index < -0.39 is 0 Å². The Hall–Kier alpha value is -1.43. The van der Waals surface area contributed by atoms with E-state index in [0.717, 1.165) is 11.1 Å². The Morgan fingerprint density at radius 3 is 3.00 bits per heavy atom. The highest BCUT2D eigenvalue weighted by Crippen LogP contribution is 2.17. The van der Waals surface area contributed by atoms with Crippen LogP contribution >= 0.6 is 0 Å². The van der Waals surface area contributed by atoms with Crippen molar-refractivity contribution in [1.82, 2.24) is 4.98 Å². The highest BCUT2D eigenvalue weighted by molar-refractivity contribution is 5.72. The summed E-state index contributed by atoms with van der Waals surface area (Å²) in [6.07, 6.45) is 0.483. The molecule has 2 heterocycles. The molecule has 1 saturated heterocycles. The predicted molar refractivity (Wildman–Crippen MR) is 66.2 cm³/mol. The van der Waals surface area contributed by atoms with E-state index in [-0.39, 0.29) is 12.1 Å². The van der Waals surface area contributed by atoms with Crippen LogP contribution in [0.15, 0.2) is 28.7 Å². The van der Waals surface area contributed by atoms with E-state index in [1.54, 1.807) is 0 Å². The summed E-state index contributed by atoms with van der Waals surface area (Å²) >= 11 is 0. The monoisotopic (exact) mass is 248 g/mol. The van der Waals surface area contributed by atoms with Crippen LogP contribution in [-0.2, 0) is 15.9 Å². The Morgan fingerprint density at radius 1 is 1.33 bits per heavy atom. The molecule has 96 valence electrons. The lowest BCUT2D eigenvalue weighted by molar-refractivity contribution is -0.0972. The quantitative estimate of drug-likeness (QED) is 0.881. The average Bonchev–Trinajstić information content (AvgIpc) is 2.82. The molecule has 2 aromatic rings. The van der Waals surface area contributed by atoms with Crippen LogP contribution in [0.5, 0.6) is 0 Å². The molecule has 1 aliphatic heterocycles. The first-order valence-electron chi connectivity index (χ1n) is 6.12. The number of rotatable bonds is 3. The molecule has 2 atom stereocenters. The van der Waals surface area contributed by atoms with Crippen LogP contribution in [0.25, 0.3) is 11.1 Å². The fraction of sp³-hybridized carbons (Fsp3) is 0.462. The van der Waals surface area contributed by atoms with E-state index in [1.807, 2.05) is 24.3 Å². The average molecular weight is 248 g/mol. The van der Waals surface area contributed by atoms with Crippen molar-refractivity contribution in [3.8, 4) is 0 Å². The third-order valence-electron chi connectivity index (χ3n) is 3.07. The zero-order valence-electron chi connectivity index (χ0n) is 10.0. The SMILES string of the molecule is NC(Cc1nc2ccccc2o1)C1COCCO1. The van der Waals surface area contributed by atoms with Crippen molar-refractivity contribution < 1.29 is 13.9 Å². The standard InChI is InChI=1S/C13H16N2O3/c14-9(12-8-16-5-6-17-12)7-13-15-10-3-1-2-4-11(10)18-13/h1-4,9,12H,5-8,14H2. The molecule has 0 saturated carbocycles. The second-order valence-electron chi connectivity index (χ2n) is 4.43. The number of ether oxygens (including phenoxy) is 2. The van der Waals surface area contributed by atoms with Gasteiger partial charge in [-0.05, 0) is 12.1 Å². The lowest BCUT2D eigenvalue weighted by atomic mass is 10.1. The molecule has 0 amide bonds. The van der Waals surface area contributed by atoms with E-state index in [1.165, 1.54) is 0 Å². The maximum Gasteiger partial charge on any atom is 0.197 e. The van der Waals surface area contributed by atoms with Crippen LogP contribution in [0.1, 0.15) is 5.89 Å². The van der Waals surface area contributed by atoms with Crippen LogP contribution in [0, 0.1) is 0 Å². The molecule has 2 unspecified atom stereocenters. The second kappa shape index (κ2) is 5.06. The fourth-order valence-electron chi connectivity index (χ4n) is 2.09. The molecule has 1 aliphatic rings. The van der Waals surface area contributed by atoms with E-state index >= 15 is 0 Å². The number of aromatic nitrogens is 1. The Morgan fingerprint density at radius 2 is 2.22 bits per heavy atom. The van der Waals surface area contributed by atoms with Crippen LogP contribution < -0.4 is 5.73 Å². The molecule has 5 nitrogen and oxygen atoms in total. The molecule has 3 rings (SSSR count). The minimum absolute atomic E-state index is 0.0752. The normalized spacial score (nSPS) is 22.2. The van der Waals surface area contributed by atoms with Gasteiger partial charge in [-0.2, -0.15) is 0 Å². The molecule has 0 spiro atoms. The van der Waals surface area contributed by atoms with Crippen molar-refractivity contribution >= 4 is 11.1 Å². The minimum atomic E-state index is -0.154. The molecule has 1 aromatic carbocycles. The molecule has 0 radical (unpaired) electrons. The predicted octanol–water partition coefficient (Wildman–Crippen LogP) is 1.11. The maximum absolute atomic E-state index is 6.10. The number of oxazole rings is 1. The van der Waals surface area contributed by atoms with Gasteiger partial charge < -0.3 is 19.6 Å². The van der Waals surface area contributed by atoms with Gasteiger partial charge in [0.1, 0.15) is 5.52 Å². The maximum atomic E-state index is 6.10. The molecule has 0 bridgehead atoms. The first-order valence-corrected chi connectivity index (χ1v) is 6.12. The van der Waals surface area contributed by atoms with E-state index in [9.17, 15) is 0 Å². The number of benzene rings is 1. The number of fused-ring (bicyclic) bond motifs is 1. The fourth-order valence-corrected chi connectivity index (χ4v) is 2.09. The summed E-state index contributed by atoms with van der Waals surface area (Å²) in [6.45, 7) is 1.79. The topological polar surface area (TPSA) is 70.5 Å². The van der Waals surface area contributed by atoms with Crippen molar-refractivity contribution in [2.45, 2.75) is 18.6 Å². The number of nitrogens with zero attached hydrogens (tertiary/aromatic N) is 1. The van der Waals surface area contributed by atoms with Gasteiger partial charge in [-0.15, -0.1) is 0 Å². The van der Waals surface area contributed by atoms with Gasteiger partial charge >= 0.3 is 0 Å². The number of para-hydroxylation sites is 2. The summed E-state index contributed by atoms with van der Waals surface area (Å²) in [5, 5.41) is 0. The molecular formula is C13H16N2O3. The molecule has 1 fully saturated rings. The lowest BCUT2D eigenvalue weighted by Gasteiger charge is -2.27. The summed E-state index contributed by atoms with van der Waals surface area (Å²) in [4.78, 5) is 4.40. The summed E-state index contributed by atoms with van der Waals surface area (Å²) in [6, 6.07) is 7.53. The highest BCUT2D eigenvalue weighted by Gasteiger charge is 2.23. The van der Waals surface area contributed by atoms with Gasteiger partial charge in [0.2, 0.25) is 0 Å². The van der Waals surface area contributed by atoms with Gasteiger partial charge in [-0.3, -0.25) is 0 Å².